The van der Waals surface area contributed by atoms with E-state index in [1.165, 1.54) is 12.0 Å². The molecular formula is C11H16N2O2S. The molecule has 0 amide bonds. The van der Waals surface area contributed by atoms with Crippen LogP contribution in [0.25, 0.3) is 0 Å². The molecule has 1 aromatic heterocycles. The minimum atomic E-state index is -0.0750. The van der Waals surface area contributed by atoms with Crippen molar-refractivity contribution in [3.63, 3.8) is 0 Å². The summed E-state index contributed by atoms with van der Waals surface area (Å²) in [5, 5.41) is 0. The second kappa shape index (κ2) is 5.41. The Morgan fingerprint density at radius 3 is 3.31 bits per heavy atom. The normalized spacial score (nSPS) is 21.9. The fourth-order valence-corrected chi connectivity index (χ4v) is 2.73. The highest BCUT2D eigenvalue weighted by atomic mass is 32.1. The third kappa shape index (κ3) is 2.80. The zero-order valence-electron chi connectivity index (χ0n) is 9.39. The first-order chi connectivity index (χ1) is 7.79. The Bertz CT molecular complexity index is 340. The van der Waals surface area contributed by atoms with Gasteiger partial charge in [0.15, 0.2) is 0 Å². The van der Waals surface area contributed by atoms with Gasteiger partial charge in [0.1, 0.15) is 0 Å². The quantitative estimate of drug-likeness (QED) is 0.751. The van der Waals surface area contributed by atoms with E-state index in [-0.39, 0.29) is 11.9 Å². The van der Waals surface area contributed by atoms with Gasteiger partial charge >= 0.3 is 5.97 Å². The highest BCUT2D eigenvalue weighted by molar-refractivity contribution is 7.09. The molecule has 4 nitrogen and oxygen atoms in total. The molecule has 1 aliphatic rings. The number of aromatic nitrogens is 1. The summed E-state index contributed by atoms with van der Waals surface area (Å²) in [6.45, 7) is 2.77. The second-order valence-corrected chi connectivity index (χ2v) is 5.04. The smallest absolute Gasteiger partial charge is 0.309 e. The van der Waals surface area contributed by atoms with Crippen LogP contribution in [0.4, 0.5) is 0 Å². The zero-order valence-corrected chi connectivity index (χ0v) is 10.2. The van der Waals surface area contributed by atoms with Gasteiger partial charge in [-0.15, -0.1) is 11.3 Å². The van der Waals surface area contributed by atoms with Crippen molar-refractivity contribution in [2.24, 2.45) is 5.92 Å². The number of esters is 1. The molecule has 2 heterocycles. The Morgan fingerprint density at radius 2 is 2.62 bits per heavy atom. The summed E-state index contributed by atoms with van der Waals surface area (Å²) in [6, 6.07) is 0. The van der Waals surface area contributed by atoms with E-state index in [4.69, 9.17) is 4.74 Å². The van der Waals surface area contributed by atoms with E-state index in [1.54, 1.807) is 11.3 Å². The molecule has 0 saturated carbocycles. The molecule has 1 atom stereocenters. The molecule has 2 rings (SSSR count). The molecule has 0 N–H and O–H groups in total. The van der Waals surface area contributed by atoms with Crippen LogP contribution in [0.5, 0.6) is 0 Å². The molecule has 16 heavy (non-hydrogen) atoms. The molecule has 88 valence electrons. The van der Waals surface area contributed by atoms with E-state index < -0.39 is 0 Å². The lowest BCUT2D eigenvalue weighted by Gasteiger charge is -2.30. The Labute approximate surface area is 99.2 Å². The average molecular weight is 240 g/mol. The van der Waals surface area contributed by atoms with Crippen molar-refractivity contribution in [2.45, 2.75) is 19.4 Å². The summed E-state index contributed by atoms with van der Waals surface area (Å²) < 4.78 is 4.80. The van der Waals surface area contributed by atoms with Crippen molar-refractivity contribution in [3.05, 3.63) is 16.6 Å². The summed E-state index contributed by atoms with van der Waals surface area (Å²) >= 11 is 1.66. The highest BCUT2D eigenvalue weighted by Gasteiger charge is 2.26. The molecule has 1 aliphatic heterocycles. The zero-order chi connectivity index (χ0) is 11.4. The number of hydrogen-bond donors (Lipinski definition) is 0. The summed E-state index contributed by atoms with van der Waals surface area (Å²) in [6.07, 6.45) is 3.91. The molecule has 0 aliphatic carbocycles. The SMILES string of the molecule is COC(=O)C1CCCN(Cc2cncs2)C1. The number of hydrogen-bond acceptors (Lipinski definition) is 5. The molecule has 0 spiro atoms. The molecule has 1 fully saturated rings. The molecule has 1 aromatic rings. The molecular weight excluding hydrogens is 224 g/mol. The lowest BCUT2D eigenvalue weighted by molar-refractivity contribution is -0.147. The fourth-order valence-electron chi connectivity index (χ4n) is 2.10. The largest absolute Gasteiger partial charge is 0.469 e. The fraction of sp³-hybridized carbons (Fsp3) is 0.636. The van der Waals surface area contributed by atoms with Gasteiger partial charge in [0, 0.05) is 24.2 Å². The molecule has 1 unspecified atom stereocenters. The maximum Gasteiger partial charge on any atom is 0.309 e. The van der Waals surface area contributed by atoms with E-state index in [9.17, 15) is 4.79 Å². The lowest BCUT2D eigenvalue weighted by atomic mass is 9.98. The molecule has 0 radical (unpaired) electrons. The first-order valence-electron chi connectivity index (χ1n) is 5.47. The Morgan fingerprint density at radius 1 is 1.75 bits per heavy atom. The highest BCUT2D eigenvalue weighted by Crippen LogP contribution is 2.20. The van der Waals surface area contributed by atoms with Crippen LogP contribution in [0.15, 0.2) is 11.7 Å². The van der Waals surface area contributed by atoms with Crippen LogP contribution in [0.2, 0.25) is 0 Å². The Kier molecular flexibility index (Phi) is 3.90. The van der Waals surface area contributed by atoms with Crippen molar-refractivity contribution < 1.29 is 9.53 Å². The summed E-state index contributed by atoms with van der Waals surface area (Å²) in [7, 11) is 1.46. The standard InChI is InChI=1S/C11H16N2O2S/c1-15-11(14)9-3-2-4-13(6-9)7-10-5-12-8-16-10/h5,8-9H,2-4,6-7H2,1H3. The Hall–Kier alpha value is -0.940. The summed E-state index contributed by atoms with van der Waals surface area (Å²) in [4.78, 5) is 19.1. The van der Waals surface area contributed by atoms with Crippen LogP contribution in [-0.2, 0) is 16.1 Å². The number of methoxy groups -OCH3 is 1. The van der Waals surface area contributed by atoms with Crippen LogP contribution in [0, 0.1) is 5.92 Å². The number of rotatable bonds is 3. The van der Waals surface area contributed by atoms with Gasteiger partial charge < -0.3 is 4.74 Å². The number of carbonyl (C=O) groups excluding carboxylic acids is 1. The molecule has 1 saturated heterocycles. The predicted octanol–water partition coefficient (Wildman–Crippen LogP) is 1.53. The second-order valence-electron chi connectivity index (χ2n) is 4.07. The van der Waals surface area contributed by atoms with Gasteiger partial charge in [-0.25, -0.2) is 0 Å². The topological polar surface area (TPSA) is 42.4 Å². The minimum absolute atomic E-state index is 0.0478. The van der Waals surface area contributed by atoms with Gasteiger partial charge in [-0.2, -0.15) is 0 Å². The van der Waals surface area contributed by atoms with Crippen molar-refractivity contribution in [1.29, 1.82) is 0 Å². The van der Waals surface area contributed by atoms with Crippen LogP contribution in [0.1, 0.15) is 17.7 Å². The number of ether oxygens (including phenoxy) is 1. The Balaban J connectivity index is 1.89. The monoisotopic (exact) mass is 240 g/mol. The summed E-state index contributed by atoms with van der Waals surface area (Å²) in [5.41, 5.74) is 1.84. The van der Waals surface area contributed by atoms with E-state index in [0.29, 0.717) is 0 Å². The molecule has 5 heteroatoms. The van der Waals surface area contributed by atoms with Crippen LogP contribution in [0.3, 0.4) is 0 Å². The lowest BCUT2D eigenvalue weighted by Crippen LogP contribution is -2.38. The minimum Gasteiger partial charge on any atom is -0.469 e. The maximum atomic E-state index is 11.5. The third-order valence-electron chi connectivity index (χ3n) is 2.90. The van der Waals surface area contributed by atoms with E-state index in [1.807, 2.05) is 11.7 Å². The van der Waals surface area contributed by atoms with Gasteiger partial charge in [-0.3, -0.25) is 14.7 Å². The van der Waals surface area contributed by atoms with Gasteiger partial charge in [0.25, 0.3) is 0 Å². The molecule has 0 aromatic carbocycles. The van der Waals surface area contributed by atoms with Gasteiger partial charge in [0.05, 0.1) is 18.5 Å². The number of likely N-dealkylation sites (tertiary alicyclic amines) is 1. The van der Waals surface area contributed by atoms with Gasteiger partial charge in [-0.1, -0.05) is 0 Å². The van der Waals surface area contributed by atoms with E-state index >= 15 is 0 Å². The predicted molar refractivity (Wildman–Crippen MR) is 62.1 cm³/mol. The third-order valence-corrected chi connectivity index (χ3v) is 3.67. The molecule has 0 bridgehead atoms. The average Bonchev–Trinajstić information content (AvgIpc) is 2.81. The van der Waals surface area contributed by atoms with E-state index in [2.05, 4.69) is 9.88 Å². The van der Waals surface area contributed by atoms with Crippen LogP contribution in [-0.4, -0.2) is 36.1 Å². The maximum absolute atomic E-state index is 11.5. The van der Waals surface area contributed by atoms with Crippen molar-refractivity contribution in [1.82, 2.24) is 9.88 Å². The van der Waals surface area contributed by atoms with Gasteiger partial charge in [0.2, 0.25) is 0 Å². The van der Waals surface area contributed by atoms with Crippen LogP contribution >= 0.6 is 11.3 Å². The number of piperidine rings is 1. The number of carbonyl (C=O) groups is 1. The van der Waals surface area contributed by atoms with Crippen molar-refractivity contribution in [3.8, 4) is 0 Å². The van der Waals surface area contributed by atoms with Crippen LogP contribution < -0.4 is 0 Å². The summed E-state index contributed by atoms with van der Waals surface area (Å²) in [5.74, 6) is -0.0272. The first kappa shape index (κ1) is 11.5. The van der Waals surface area contributed by atoms with Crippen molar-refractivity contribution in [2.75, 3.05) is 20.2 Å². The van der Waals surface area contributed by atoms with E-state index in [0.717, 1.165) is 32.5 Å². The van der Waals surface area contributed by atoms with Crippen molar-refractivity contribution >= 4 is 17.3 Å². The first-order valence-corrected chi connectivity index (χ1v) is 6.35. The number of thiazole rings is 1. The number of nitrogens with zero attached hydrogens (tertiary/aromatic N) is 2. The van der Waals surface area contributed by atoms with Gasteiger partial charge in [-0.05, 0) is 19.4 Å².